The summed E-state index contributed by atoms with van der Waals surface area (Å²) in [5.74, 6) is 1.87. The van der Waals surface area contributed by atoms with Crippen LogP contribution in [0, 0.1) is 5.82 Å². The van der Waals surface area contributed by atoms with Gasteiger partial charge in [-0.25, -0.2) is 21.5 Å². The molecule has 0 aliphatic heterocycles. The third-order valence-electron chi connectivity index (χ3n) is 6.77. The number of fused-ring (bicyclic) bond motifs is 1. The Kier molecular flexibility index (Phi) is 7.05. The van der Waals surface area contributed by atoms with Gasteiger partial charge in [-0.05, 0) is 54.6 Å². The van der Waals surface area contributed by atoms with E-state index in [0.29, 0.717) is 46.2 Å². The molecule has 3 heterocycles. The Labute approximate surface area is 241 Å². The number of rotatable bonds is 9. The SMILES string of the molecule is COc1ccc(CNc2ccc(-n3cc(-c4cn(S(=O)(=O)c5ccccc5)c5cc(F)ccc45)cn3)nn2)c(OC)c1. The molecule has 0 spiro atoms. The van der Waals surface area contributed by atoms with E-state index >= 15 is 0 Å². The average Bonchev–Trinajstić information content (AvgIpc) is 3.66. The molecule has 0 amide bonds. The number of halogens is 1. The van der Waals surface area contributed by atoms with Crippen LogP contribution < -0.4 is 14.8 Å². The topological polar surface area (TPSA) is 113 Å². The maximum atomic E-state index is 14.2. The number of methoxy groups -OCH3 is 2. The van der Waals surface area contributed by atoms with Gasteiger partial charge in [-0.3, -0.25) is 0 Å². The fourth-order valence-electron chi connectivity index (χ4n) is 4.62. The van der Waals surface area contributed by atoms with Crippen molar-refractivity contribution in [1.29, 1.82) is 0 Å². The van der Waals surface area contributed by atoms with E-state index in [0.717, 1.165) is 9.54 Å². The molecule has 0 atom stereocenters. The second-order valence-electron chi connectivity index (χ2n) is 9.30. The highest BCUT2D eigenvalue weighted by atomic mass is 32.2. The number of hydrogen-bond donors (Lipinski definition) is 1. The molecule has 0 aliphatic carbocycles. The normalized spacial score (nSPS) is 11.5. The van der Waals surface area contributed by atoms with Gasteiger partial charge in [-0.1, -0.05) is 18.2 Å². The lowest BCUT2D eigenvalue weighted by Crippen LogP contribution is -2.11. The van der Waals surface area contributed by atoms with Gasteiger partial charge >= 0.3 is 0 Å². The minimum Gasteiger partial charge on any atom is -0.497 e. The first-order valence-corrected chi connectivity index (χ1v) is 14.3. The van der Waals surface area contributed by atoms with Crippen LogP contribution in [0.3, 0.4) is 0 Å². The van der Waals surface area contributed by atoms with Crippen LogP contribution in [0.15, 0.2) is 102 Å². The predicted octanol–water partition coefficient (Wildman–Crippen LogP) is 5.29. The zero-order valence-electron chi connectivity index (χ0n) is 22.6. The van der Waals surface area contributed by atoms with Gasteiger partial charge in [0, 0.05) is 47.1 Å². The first-order chi connectivity index (χ1) is 20.4. The highest BCUT2D eigenvalue weighted by Crippen LogP contribution is 2.34. The van der Waals surface area contributed by atoms with Crippen LogP contribution in [0.25, 0.3) is 27.8 Å². The van der Waals surface area contributed by atoms with Crippen molar-refractivity contribution in [2.24, 2.45) is 0 Å². The molecule has 12 heteroatoms. The van der Waals surface area contributed by atoms with Gasteiger partial charge in [0.15, 0.2) is 5.82 Å². The lowest BCUT2D eigenvalue weighted by atomic mass is 10.1. The van der Waals surface area contributed by atoms with E-state index in [2.05, 4.69) is 20.6 Å². The van der Waals surface area contributed by atoms with Crippen LogP contribution >= 0.6 is 0 Å². The first kappa shape index (κ1) is 27.0. The van der Waals surface area contributed by atoms with Gasteiger partial charge in [-0.15, -0.1) is 10.2 Å². The zero-order chi connectivity index (χ0) is 29.3. The van der Waals surface area contributed by atoms with E-state index in [1.165, 1.54) is 35.1 Å². The van der Waals surface area contributed by atoms with Crippen LogP contribution in [-0.4, -0.2) is 46.6 Å². The van der Waals surface area contributed by atoms with E-state index < -0.39 is 15.8 Å². The molecule has 3 aromatic carbocycles. The third kappa shape index (κ3) is 5.03. The number of nitrogens with zero attached hydrogens (tertiary/aromatic N) is 5. The zero-order valence-corrected chi connectivity index (χ0v) is 23.4. The molecule has 0 saturated heterocycles. The number of nitrogens with one attached hydrogen (secondary N) is 1. The highest BCUT2D eigenvalue weighted by molar-refractivity contribution is 7.90. The Balaban J connectivity index is 1.27. The Hall–Kier alpha value is -5.23. The van der Waals surface area contributed by atoms with Crippen LogP contribution in [0.4, 0.5) is 10.2 Å². The van der Waals surface area contributed by atoms with Crippen LogP contribution in [0.5, 0.6) is 11.5 Å². The molecular formula is C30H25FN6O4S. The summed E-state index contributed by atoms with van der Waals surface area (Å²) in [6.45, 7) is 0.462. The predicted molar refractivity (Wildman–Crippen MR) is 156 cm³/mol. The molecule has 0 unspecified atom stereocenters. The molecule has 0 radical (unpaired) electrons. The second kappa shape index (κ2) is 11.0. The van der Waals surface area contributed by atoms with Crippen molar-refractivity contribution < 1.29 is 22.3 Å². The summed E-state index contributed by atoms with van der Waals surface area (Å²) in [5.41, 5.74) is 2.36. The quantitative estimate of drug-likeness (QED) is 0.244. The number of aromatic nitrogens is 5. The number of ether oxygens (including phenoxy) is 2. The molecule has 10 nitrogen and oxygen atoms in total. The maximum absolute atomic E-state index is 14.2. The largest absolute Gasteiger partial charge is 0.497 e. The Morgan fingerprint density at radius 2 is 1.74 bits per heavy atom. The average molecular weight is 585 g/mol. The van der Waals surface area contributed by atoms with Crippen LogP contribution in [-0.2, 0) is 16.6 Å². The minimum absolute atomic E-state index is 0.0998. The van der Waals surface area contributed by atoms with Crippen molar-refractivity contribution in [3.63, 3.8) is 0 Å². The molecule has 42 heavy (non-hydrogen) atoms. The van der Waals surface area contributed by atoms with Crippen molar-refractivity contribution in [2.75, 3.05) is 19.5 Å². The molecular weight excluding hydrogens is 559 g/mol. The molecule has 6 aromatic rings. The summed E-state index contributed by atoms with van der Waals surface area (Å²) in [6.07, 6.45) is 4.80. The van der Waals surface area contributed by atoms with Crippen LogP contribution in [0.1, 0.15) is 5.56 Å². The third-order valence-corrected chi connectivity index (χ3v) is 8.45. The Morgan fingerprint density at radius 3 is 2.48 bits per heavy atom. The Morgan fingerprint density at radius 1 is 0.905 bits per heavy atom. The summed E-state index contributed by atoms with van der Waals surface area (Å²) in [6, 6.07) is 21.2. The fraction of sp³-hybridized carbons (Fsp3) is 0.100. The van der Waals surface area contributed by atoms with Crippen molar-refractivity contribution in [2.45, 2.75) is 11.4 Å². The highest BCUT2D eigenvalue weighted by Gasteiger charge is 2.23. The van der Waals surface area contributed by atoms with E-state index in [4.69, 9.17) is 9.47 Å². The standard InChI is InChI=1S/C30H25FN6O4S/c1-40-23-10-8-20(28(15-23)41-2)16-32-29-12-13-30(35-34-29)36-18-21(17-33-36)26-19-37(27-14-22(31)9-11-25(26)27)42(38,39)24-6-4-3-5-7-24/h3-15,17-19H,16H2,1-2H3,(H,32,34). The molecule has 0 aliphatic rings. The van der Waals surface area contributed by atoms with E-state index in [-0.39, 0.29) is 10.4 Å². The monoisotopic (exact) mass is 584 g/mol. The van der Waals surface area contributed by atoms with Gasteiger partial charge in [-0.2, -0.15) is 5.10 Å². The number of anilines is 1. The lowest BCUT2D eigenvalue weighted by Gasteiger charge is -2.11. The molecule has 3 aromatic heterocycles. The summed E-state index contributed by atoms with van der Waals surface area (Å²) >= 11 is 0. The molecule has 0 fully saturated rings. The van der Waals surface area contributed by atoms with Crippen molar-refractivity contribution >= 4 is 26.7 Å². The van der Waals surface area contributed by atoms with E-state index in [1.54, 1.807) is 63.0 Å². The smallest absolute Gasteiger partial charge is 0.268 e. The van der Waals surface area contributed by atoms with E-state index in [9.17, 15) is 12.8 Å². The summed E-state index contributed by atoms with van der Waals surface area (Å²) in [7, 11) is -0.774. The van der Waals surface area contributed by atoms with Crippen LogP contribution in [0.2, 0.25) is 0 Å². The van der Waals surface area contributed by atoms with Crippen molar-refractivity contribution in [3.8, 4) is 28.4 Å². The minimum atomic E-state index is -3.97. The van der Waals surface area contributed by atoms with E-state index in [1.807, 2.05) is 18.2 Å². The summed E-state index contributed by atoms with van der Waals surface area (Å²) in [5, 5.41) is 16.7. The maximum Gasteiger partial charge on any atom is 0.268 e. The van der Waals surface area contributed by atoms with Crippen molar-refractivity contribution in [1.82, 2.24) is 24.0 Å². The molecule has 0 saturated carbocycles. The molecule has 1 N–H and O–H groups in total. The van der Waals surface area contributed by atoms with Gasteiger partial charge < -0.3 is 14.8 Å². The van der Waals surface area contributed by atoms with Gasteiger partial charge in [0.25, 0.3) is 10.0 Å². The number of hydrogen-bond acceptors (Lipinski definition) is 8. The molecule has 0 bridgehead atoms. The number of benzene rings is 3. The van der Waals surface area contributed by atoms with Gasteiger partial charge in [0.2, 0.25) is 0 Å². The first-order valence-electron chi connectivity index (χ1n) is 12.8. The molecule has 6 rings (SSSR count). The Bertz CT molecular complexity index is 1990. The van der Waals surface area contributed by atoms with Crippen molar-refractivity contribution in [3.05, 3.63) is 109 Å². The van der Waals surface area contributed by atoms with Gasteiger partial charge in [0.1, 0.15) is 23.1 Å². The lowest BCUT2D eigenvalue weighted by molar-refractivity contribution is 0.391. The molecule has 212 valence electrons. The second-order valence-corrected chi connectivity index (χ2v) is 11.1. The summed E-state index contributed by atoms with van der Waals surface area (Å²) in [4.78, 5) is 0.0998. The van der Waals surface area contributed by atoms with Gasteiger partial charge in [0.05, 0.1) is 30.8 Å². The summed E-state index contributed by atoms with van der Waals surface area (Å²) < 4.78 is 54.5. The fourth-order valence-corrected chi connectivity index (χ4v) is 6.00.